The highest BCUT2D eigenvalue weighted by Crippen LogP contribution is 2.16. The van der Waals surface area contributed by atoms with E-state index in [-0.39, 0.29) is 29.6 Å². The number of hydrogen-bond donors (Lipinski definition) is 1. The second kappa shape index (κ2) is 4.63. The Balaban J connectivity index is 2.26. The summed E-state index contributed by atoms with van der Waals surface area (Å²) in [7, 11) is -6.79. The van der Waals surface area contributed by atoms with E-state index in [1.165, 1.54) is 10.5 Å². The summed E-state index contributed by atoms with van der Waals surface area (Å²) >= 11 is 0. The summed E-state index contributed by atoms with van der Waals surface area (Å²) < 4.78 is 48.5. The molecule has 0 aromatic carbocycles. The molecular formula is C9H15N3O4S2. The molecule has 0 unspecified atom stereocenters. The van der Waals surface area contributed by atoms with E-state index in [1.54, 1.807) is 6.92 Å². The second-order valence-corrected chi connectivity index (χ2v) is 8.45. The first-order chi connectivity index (χ1) is 8.31. The predicted molar refractivity (Wildman–Crippen MR) is 65.4 cm³/mol. The molecular weight excluding hydrogens is 278 g/mol. The predicted octanol–water partition coefficient (Wildman–Crippen LogP) is -0.473. The first kappa shape index (κ1) is 13.5. The minimum Gasteiger partial charge on any atom is -0.332 e. The molecule has 0 atom stereocenters. The van der Waals surface area contributed by atoms with Gasteiger partial charge < -0.3 is 4.98 Å². The molecule has 7 nitrogen and oxygen atoms in total. The van der Waals surface area contributed by atoms with Crippen LogP contribution >= 0.6 is 0 Å². The van der Waals surface area contributed by atoms with Crippen molar-refractivity contribution in [2.75, 3.05) is 24.6 Å². The summed E-state index contributed by atoms with van der Waals surface area (Å²) in [5.41, 5.74) is 0. The summed E-state index contributed by atoms with van der Waals surface area (Å²) in [5.74, 6) is 0.427. The molecule has 1 aliphatic heterocycles. The van der Waals surface area contributed by atoms with E-state index in [4.69, 9.17) is 0 Å². The normalized spacial score (nSPS) is 21.6. The summed E-state index contributed by atoms with van der Waals surface area (Å²) in [6.07, 6.45) is 1.58. The van der Waals surface area contributed by atoms with E-state index in [2.05, 4.69) is 9.97 Å². The standard InChI is InChI=1S/C9H15N3O4S2/c1-8-10-7-9(11-8)18(15,16)12-3-2-5-17(13,14)6-4-12/h7H,2-6H2,1H3,(H,10,11). The lowest BCUT2D eigenvalue weighted by Crippen LogP contribution is -2.33. The molecule has 9 heteroatoms. The van der Waals surface area contributed by atoms with Crippen LogP contribution in [-0.4, -0.2) is 55.7 Å². The summed E-state index contributed by atoms with van der Waals surface area (Å²) in [5, 5.41) is 0.0132. The van der Waals surface area contributed by atoms with Gasteiger partial charge in [-0.1, -0.05) is 0 Å². The van der Waals surface area contributed by atoms with Gasteiger partial charge in [0.2, 0.25) is 0 Å². The van der Waals surface area contributed by atoms with Gasteiger partial charge in [0.1, 0.15) is 5.82 Å². The fourth-order valence-electron chi connectivity index (χ4n) is 1.82. The summed E-state index contributed by atoms with van der Waals surface area (Å²) in [6, 6.07) is 0. The van der Waals surface area contributed by atoms with Gasteiger partial charge in [0.25, 0.3) is 10.0 Å². The van der Waals surface area contributed by atoms with Crippen molar-refractivity contribution in [3.8, 4) is 0 Å². The van der Waals surface area contributed by atoms with Gasteiger partial charge >= 0.3 is 0 Å². The molecule has 0 amide bonds. The quantitative estimate of drug-likeness (QED) is 0.794. The van der Waals surface area contributed by atoms with E-state index in [0.29, 0.717) is 12.2 Å². The Kier molecular flexibility index (Phi) is 3.47. The number of sulfonamides is 1. The van der Waals surface area contributed by atoms with Crippen LogP contribution in [0.2, 0.25) is 0 Å². The number of nitrogens with zero attached hydrogens (tertiary/aromatic N) is 2. The average molecular weight is 293 g/mol. The molecule has 1 aliphatic rings. The molecule has 1 fully saturated rings. The van der Waals surface area contributed by atoms with Crippen molar-refractivity contribution < 1.29 is 16.8 Å². The lowest BCUT2D eigenvalue weighted by Gasteiger charge is -2.17. The Morgan fingerprint density at radius 1 is 1.33 bits per heavy atom. The first-order valence-electron chi connectivity index (χ1n) is 5.53. The largest absolute Gasteiger partial charge is 0.332 e. The van der Waals surface area contributed by atoms with Gasteiger partial charge in [-0.2, -0.15) is 4.31 Å². The fourth-order valence-corrected chi connectivity index (χ4v) is 4.65. The van der Waals surface area contributed by atoms with Crippen molar-refractivity contribution in [3.63, 3.8) is 0 Å². The van der Waals surface area contributed by atoms with Crippen molar-refractivity contribution in [1.29, 1.82) is 0 Å². The van der Waals surface area contributed by atoms with Crippen LogP contribution < -0.4 is 0 Å². The van der Waals surface area contributed by atoms with E-state index in [0.717, 1.165) is 0 Å². The Hall–Kier alpha value is -0.930. The highest BCUT2D eigenvalue weighted by molar-refractivity contribution is 7.91. The molecule has 102 valence electrons. The zero-order chi connectivity index (χ0) is 13.4. The number of H-pyrrole nitrogens is 1. The van der Waals surface area contributed by atoms with Crippen LogP contribution in [0.15, 0.2) is 11.2 Å². The topological polar surface area (TPSA) is 100 Å². The van der Waals surface area contributed by atoms with Gasteiger partial charge in [-0.25, -0.2) is 21.8 Å². The number of imidazole rings is 1. The van der Waals surface area contributed by atoms with Crippen molar-refractivity contribution in [2.45, 2.75) is 18.4 Å². The van der Waals surface area contributed by atoms with Crippen molar-refractivity contribution in [2.24, 2.45) is 0 Å². The molecule has 18 heavy (non-hydrogen) atoms. The molecule has 0 spiro atoms. The molecule has 0 aliphatic carbocycles. The van der Waals surface area contributed by atoms with Crippen LogP contribution in [0, 0.1) is 6.92 Å². The SMILES string of the molecule is Cc1ncc(S(=O)(=O)N2CCCS(=O)(=O)CC2)[nH]1. The number of nitrogens with one attached hydrogen (secondary N) is 1. The maximum absolute atomic E-state index is 12.2. The Labute approximate surface area is 106 Å². The molecule has 0 saturated carbocycles. The molecule has 2 rings (SSSR count). The average Bonchev–Trinajstić information content (AvgIpc) is 2.61. The molecule has 0 bridgehead atoms. The minimum atomic E-state index is -3.66. The van der Waals surface area contributed by atoms with Crippen LogP contribution in [0.5, 0.6) is 0 Å². The zero-order valence-electron chi connectivity index (χ0n) is 9.96. The van der Waals surface area contributed by atoms with Gasteiger partial charge in [-0.15, -0.1) is 0 Å². The summed E-state index contributed by atoms with van der Waals surface area (Å²) in [6.45, 7) is 1.88. The fraction of sp³-hybridized carbons (Fsp3) is 0.667. The number of aromatic amines is 1. The summed E-state index contributed by atoms with van der Waals surface area (Å²) in [4.78, 5) is 6.51. The number of aromatic nitrogens is 2. The molecule has 2 heterocycles. The van der Waals surface area contributed by atoms with Crippen LogP contribution in [-0.2, 0) is 19.9 Å². The molecule has 1 aromatic rings. The third-order valence-electron chi connectivity index (χ3n) is 2.81. The van der Waals surface area contributed by atoms with Crippen LogP contribution in [0.4, 0.5) is 0 Å². The van der Waals surface area contributed by atoms with E-state index < -0.39 is 19.9 Å². The number of sulfone groups is 1. The third-order valence-corrected chi connectivity index (χ3v) is 6.34. The van der Waals surface area contributed by atoms with Gasteiger partial charge in [0, 0.05) is 13.1 Å². The number of rotatable bonds is 2. The molecule has 0 radical (unpaired) electrons. The van der Waals surface area contributed by atoms with Crippen LogP contribution in [0.25, 0.3) is 0 Å². The minimum absolute atomic E-state index is 0.00271. The van der Waals surface area contributed by atoms with Gasteiger partial charge in [0.15, 0.2) is 14.9 Å². The van der Waals surface area contributed by atoms with E-state index >= 15 is 0 Å². The van der Waals surface area contributed by atoms with Crippen molar-refractivity contribution in [1.82, 2.24) is 14.3 Å². The Morgan fingerprint density at radius 3 is 2.67 bits per heavy atom. The molecule has 1 aromatic heterocycles. The lowest BCUT2D eigenvalue weighted by atomic mass is 10.5. The van der Waals surface area contributed by atoms with Gasteiger partial charge in [-0.05, 0) is 13.3 Å². The molecule has 1 saturated heterocycles. The molecule has 1 N–H and O–H groups in total. The van der Waals surface area contributed by atoms with Crippen molar-refractivity contribution in [3.05, 3.63) is 12.0 Å². The lowest BCUT2D eigenvalue weighted by molar-refractivity contribution is 0.432. The van der Waals surface area contributed by atoms with E-state index in [1.807, 2.05) is 0 Å². The smallest absolute Gasteiger partial charge is 0.260 e. The first-order valence-corrected chi connectivity index (χ1v) is 8.80. The zero-order valence-corrected chi connectivity index (χ0v) is 11.6. The Morgan fingerprint density at radius 2 is 2.06 bits per heavy atom. The van der Waals surface area contributed by atoms with Crippen LogP contribution in [0.1, 0.15) is 12.2 Å². The monoisotopic (exact) mass is 293 g/mol. The van der Waals surface area contributed by atoms with Gasteiger partial charge in [-0.3, -0.25) is 0 Å². The van der Waals surface area contributed by atoms with Crippen LogP contribution in [0.3, 0.4) is 0 Å². The highest BCUT2D eigenvalue weighted by atomic mass is 32.2. The third kappa shape index (κ3) is 2.73. The number of aryl methyl sites for hydroxylation is 1. The maximum Gasteiger partial charge on any atom is 0.260 e. The number of hydrogen-bond acceptors (Lipinski definition) is 5. The highest BCUT2D eigenvalue weighted by Gasteiger charge is 2.30. The van der Waals surface area contributed by atoms with Gasteiger partial charge in [0.05, 0.1) is 17.7 Å². The second-order valence-electron chi connectivity index (χ2n) is 4.24. The van der Waals surface area contributed by atoms with Crippen molar-refractivity contribution >= 4 is 19.9 Å². The van der Waals surface area contributed by atoms with E-state index in [9.17, 15) is 16.8 Å². The maximum atomic E-state index is 12.2. The Bertz CT molecular complexity index is 633.